The van der Waals surface area contributed by atoms with Gasteiger partial charge < -0.3 is 9.84 Å². The first-order chi connectivity index (χ1) is 8.09. The molecule has 0 saturated carbocycles. The highest BCUT2D eigenvalue weighted by molar-refractivity contribution is 6.34. The summed E-state index contributed by atoms with van der Waals surface area (Å²) in [6.07, 6.45) is 0.268. The van der Waals surface area contributed by atoms with E-state index < -0.39 is 12.1 Å². The Hall–Kier alpha value is -1.75. The molecular formula is C11H10ClNO4. The van der Waals surface area contributed by atoms with Gasteiger partial charge in [-0.15, -0.1) is 0 Å². The minimum absolute atomic E-state index is 0.0872. The first-order valence-electron chi connectivity index (χ1n) is 5.07. The van der Waals surface area contributed by atoms with Crippen LogP contribution in [-0.4, -0.2) is 30.3 Å². The van der Waals surface area contributed by atoms with E-state index in [1.165, 1.54) is 23.1 Å². The van der Waals surface area contributed by atoms with Crippen LogP contribution >= 0.6 is 11.6 Å². The molecular weight excluding hydrogens is 246 g/mol. The van der Waals surface area contributed by atoms with E-state index in [0.29, 0.717) is 18.8 Å². The standard InChI is InChI=1S/C11H10ClNO4/c12-8-6-7(10(14)15)2-3-9(8)13-4-1-5-17-11(13)16/h2-3,6H,1,4-5H2,(H,14,15). The lowest BCUT2D eigenvalue weighted by Gasteiger charge is -2.27. The van der Waals surface area contributed by atoms with Crippen LogP contribution in [0.5, 0.6) is 0 Å². The molecule has 0 spiro atoms. The number of rotatable bonds is 2. The number of carboxylic acid groups (broad SMARTS) is 1. The van der Waals surface area contributed by atoms with Gasteiger partial charge in [-0.1, -0.05) is 11.6 Å². The third-order valence-corrected chi connectivity index (χ3v) is 2.76. The molecule has 2 rings (SSSR count). The number of amides is 1. The minimum atomic E-state index is -1.06. The molecule has 1 heterocycles. The fraction of sp³-hybridized carbons (Fsp3) is 0.273. The van der Waals surface area contributed by atoms with E-state index in [0.717, 1.165) is 6.42 Å². The number of nitrogens with zero attached hydrogens (tertiary/aromatic N) is 1. The average molecular weight is 256 g/mol. The maximum Gasteiger partial charge on any atom is 0.414 e. The van der Waals surface area contributed by atoms with Gasteiger partial charge in [0.1, 0.15) is 0 Å². The fourth-order valence-corrected chi connectivity index (χ4v) is 1.91. The normalized spacial score (nSPS) is 15.6. The molecule has 0 bridgehead atoms. The third-order valence-electron chi connectivity index (χ3n) is 2.46. The van der Waals surface area contributed by atoms with Gasteiger partial charge in [-0.25, -0.2) is 9.59 Å². The Labute approximate surface area is 103 Å². The molecule has 1 aromatic carbocycles. The zero-order valence-electron chi connectivity index (χ0n) is 8.85. The van der Waals surface area contributed by atoms with Crippen molar-refractivity contribution >= 4 is 29.4 Å². The average Bonchev–Trinajstić information content (AvgIpc) is 2.30. The van der Waals surface area contributed by atoms with Crippen LogP contribution in [0.1, 0.15) is 16.8 Å². The summed E-state index contributed by atoms with van der Waals surface area (Å²) in [6.45, 7) is 0.922. The topological polar surface area (TPSA) is 66.8 Å². The van der Waals surface area contributed by atoms with Crippen molar-refractivity contribution in [3.8, 4) is 0 Å². The quantitative estimate of drug-likeness (QED) is 0.881. The Morgan fingerprint density at radius 3 is 2.82 bits per heavy atom. The highest BCUT2D eigenvalue weighted by Crippen LogP contribution is 2.28. The van der Waals surface area contributed by atoms with Gasteiger partial charge in [0.05, 0.1) is 22.9 Å². The van der Waals surface area contributed by atoms with Gasteiger partial charge in [0.2, 0.25) is 0 Å². The number of carbonyl (C=O) groups excluding carboxylic acids is 1. The summed E-state index contributed by atoms with van der Waals surface area (Å²) in [5.74, 6) is -1.06. The minimum Gasteiger partial charge on any atom is -0.478 e. The van der Waals surface area contributed by atoms with Crippen molar-refractivity contribution in [2.24, 2.45) is 0 Å². The van der Waals surface area contributed by atoms with Crippen molar-refractivity contribution in [2.75, 3.05) is 18.1 Å². The number of benzene rings is 1. The van der Waals surface area contributed by atoms with E-state index in [1.807, 2.05) is 0 Å². The van der Waals surface area contributed by atoms with Gasteiger partial charge in [-0.3, -0.25) is 4.90 Å². The van der Waals surface area contributed by atoms with Crippen LogP contribution in [0.15, 0.2) is 18.2 Å². The van der Waals surface area contributed by atoms with Crippen molar-refractivity contribution in [1.29, 1.82) is 0 Å². The Morgan fingerprint density at radius 1 is 1.47 bits per heavy atom. The van der Waals surface area contributed by atoms with Crippen LogP contribution in [0.3, 0.4) is 0 Å². The summed E-state index contributed by atoms with van der Waals surface area (Å²) in [5.41, 5.74) is 0.561. The summed E-state index contributed by atoms with van der Waals surface area (Å²) in [5, 5.41) is 9.02. The lowest BCUT2D eigenvalue weighted by Crippen LogP contribution is -2.37. The third kappa shape index (κ3) is 2.34. The van der Waals surface area contributed by atoms with Crippen LogP contribution in [0.4, 0.5) is 10.5 Å². The summed E-state index contributed by atoms with van der Waals surface area (Å²) >= 11 is 5.96. The molecule has 90 valence electrons. The molecule has 0 aromatic heterocycles. The number of ether oxygens (including phenoxy) is 1. The smallest absolute Gasteiger partial charge is 0.414 e. The molecule has 1 saturated heterocycles. The molecule has 1 fully saturated rings. The summed E-state index contributed by atoms with van der Waals surface area (Å²) in [6, 6.07) is 4.24. The molecule has 1 amide bonds. The highest BCUT2D eigenvalue weighted by Gasteiger charge is 2.23. The molecule has 0 unspecified atom stereocenters. The summed E-state index contributed by atoms with van der Waals surface area (Å²) < 4.78 is 4.89. The number of cyclic esters (lactones) is 1. The lowest BCUT2D eigenvalue weighted by atomic mass is 10.2. The first-order valence-corrected chi connectivity index (χ1v) is 5.44. The van der Waals surface area contributed by atoms with Crippen LogP contribution in [0.25, 0.3) is 0 Å². The summed E-state index contributed by atoms with van der Waals surface area (Å²) in [7, 11) is 0. The van der Waals surface area contributed by atoms with Crippen LogP contribution in [-0.2, 0) is 4.74 Å². The molecule has 1 N–H and O–H groups in total. The molecule has 1 aliphatic rings. The Kier molecular flexibility index (Phi) is 3.19. The van der Waals surface area contributed by atoms with Gasteiger partial charge in [-0.05, 0) is 24.6 Å². The van der Waals surface area contributed by atoms with E-state index >= 15 is 0 Å². The second kappa shape index (κ2) is 4.63. The highest BCUT2D eigenvalue weighted by atomic mass is 35.5. The second-order valence-corrected chi connectivity index (χ2v) is 4.00. The molecule has 1 aliphatic heterocycles. The lowest BCUT2D eigenvalue weighted by molar-refractivity contribution is 0.0697. The van der Waals surface area contributed by atoms with Gasteiger partial charge in [0.25, 0.3) is 0 Å². The number of carboxylic acids is 1. The predicted molar refractivity (Wildman–Crippen MR) is 61.7 cm³/mol. The van der Waals surface area contributed by atoms with Crippen LogP contribution < -0.4 is 4.90 Å². The molecule has 0 atom stereocenters. The Balaban J connectivity index is 2.32. The Morgan fingerprint density at radius 2 is 2.24 bits per heavy atom. The number of aromatic carboxylic acids is 1. The van der Waals surface area contributed by atoms with Gasteiger partial charge in [0.15, 0.2) is 0 Å². The van der Waals surface area contributed by atoms with E-state index in [9.17, 15) is 9.59 Å². The van der Waals surface area contributed by atoms with E-state index in [4.69, 9.17) is 21.4 Å². The number of hydrogen-bond donors (Lipinski definition) is 1. The molecule has 5 nitrogen and oxygen atoms in total. The zero-order valence-corrected chi connectivity index (χ0v) is 9.61. The molecule has 17 heavy (non-hydrogen) atoms. The number of anilines is 1. The van der Waals surface area contributed by atoms with Crippen molar-refractivity contribution < 1.29 is 19.4 Å². The van der Waals surface area contributed by atoms with Gasteiger partial charge in [-0.2, -0.15) is 0 Å². The van der Waals surface area contributed by atoms with E-state index in [2.05, 4.69) is 0 Å². The second-order valence-electron chi connectivity index (χ2n) is 3.59. The van der Waals surface area contributed by atoms with Crippen molar-refractivity contribution in [1.82, 2.24) is 0 Å². The predicted octanol–water partition coefficient (Wildman–Crippen LogP) is 2.38. The van der Waals surface area contributed by atoms with Gasteiger partial charge >= 0.3 is 12.1 Å². The zero-order chi connectivity index (χ0) is 12.4. The van der Waals surface area contributed by atoms with Crippen molar-refractivity contribution in [3.05, 3.63) is 28.8 Å². The number of halogens is 1. The van der Waals surface area contributed by atoms with E-state index in [1.54, 1.807) is 0 Å². The van der Waals surface area contributed by atoms with E-state index in [-0.39, 0.29) is 10.6 Å². The molecule has 1 aromatic rings. The largest absolute Gasteiger partial charge is 0.478 e. The molecule has 0 aliphatic carbocycles. The van der Waals surface area contributed by atoms with Crippen LogP contribution in [0.2, 0.25) is 5.02 Å². The van der Waals surface area contributed by atoms with Crippen molar-refractivity contribution in [3.63, 3.8) is 0 Å². The number of hydrogen-bond acceptors (Lipinski definition) is 3. The first kappa shape index (κ1) is 11.7. The van der Waals surface area contributed by atoms with Gasteiger partial charge in [0, 0.05) is 6.54 Å². The molecule has 0 radical (unpaired) electrons. The number of carbonyl (C=O) groups is 2. The monoisotopic (exact) mass is 255 g/mol. The fourth-order valence-electron chi connectivity index (χ4n) is 1.63. The maximum atomic E-state index is 11.5. The maximum absolute atomic E-state index is 11.5. The van der Waals surface area contributed by atoms with Crippen molar-refractivity contribution in [2.45, 2.75) is 6.42 Å². The van der Waals surface area contributed by atoms with Crippen LogP contribution in [0, 0.1) is 0 Å². The molecule has 6 heteroatoms. The summed E-state index contributed by atoms with van der Waals surface area (Å²) in [4.78, 5) is 23.6. The SMILES string of the molecule is O=C(O)c1ccc(N2CCCOC2=O)c(Cl)c1. The Bertz CT molecular complexity index is 475.